The van der Waals surface area contributed by atoms with Crippen LogP contribution in [0.1, 0.15) is 18.5 Å². The zero-order chi connectivity index (χ0) is 19.4. The Bertz CT molecular complexity index is 1020. The van der Waals surface area contributed by atoms with Crippen LogP contribution in [0.3, 0.4) is 0 Å². The lowest BCUT2D eigenvalue weighted by atomic mass is 10.1. The summed E-state index contributed by atoms with van der Waals surface area (Å²) in [6, 6.07) is 12.6. The monoisotopic (exact) mass is 373 g/mol. The van der Waals surface area contributed by atoms with Gasteiger partial charge in [-0.15, -0.1) is 0 Å². The molecule has 1 heterocycles. The molecular formula is C19H17F2N3O3. The highest BCUT2D eigenvalue weighted by atomic mass is 19.3. The maximum absolute atomic E-state index is 12.4. The number of benzene rings is 2. The van der Waals surface area contributed by atoms with Gasteiger partial charge in [-0.05, 0) is 30.7 Å². The summed E-state index contributed by atoms with van der Waals surface area (Å²) in [5.74, 6) is -0.413. The van der Waals surface area contributed by atoms with Crippen LogP contribution in [0.25, 0.3) is 10.8 Å². The van der Waals surface area contributed by atoms with Crippen LogP contribution in [0.5, 0.6) is 5.75 Å². The summed E-state index contributed by atoms with van der Waals surface area (Å²) >= 11 is 0. The molecule has 8 heteroatoms. The summed E-state index contributed by atoms with van der Waals surface area (Å²) in [4.78, 5) is 24.7. The lowest BCUT2D eigenvalue weighted by Crippen LogP contribution is -2.34. The molecule has 3 rings (SSSR count). The van der Waals surface area contributed by atoms with E-state index in [4.69, 9.17) is 0 Å². The van der Waals surface area contributed by atoms with Crippen molar-refractivity contribution in [2.45, 2.75) is 26.1 Å². The number of alkyl halides is 2. The highest BCUT2D eigenvalue weighted by Crippen LogP contribution is 2.20. The number of amides is 1. The van der Waals surface area contributed by atoms with Crippen LogP contribution in [-0.4, -0.2) is 22.3 Å². The molecule has 2 aromatic carbocycles. The first-order chi connectivity index (χ1) is 12.9. The van der Waals surface area contributed by atoms with Crippen LogP contribution in [0.2, 0.25) is 0 Å². The Labute approximate surface area is 153 Å². The number of carbonyl (C=O) groups is 1. The fraction of sp³-hybridized carbons (Fsp3) is 0.211. The molecule has 0 radical (unpaired) electrons. The van der Waals surface area contributed by atoms with Crippen molar-refractivity contribution >= 4 is 16.7 Å². The van der Waals surface area contributed by atoms with Crippen molar-refractivity contribution < 1.29 is 18.3 Å². The number of halogens is 2. The molecule has 0 spiro atoms. The molecule has 0 unspecified atom stereocenters. The molecular weight excluding hydrogens is 356 g/mol. The van der Waals surface area contributed by atoms with Crippen molar-refractivity contribution in [3.8, 4) is 5.75 Å². The van der Waals surface area contributed by atoms with Gasteiger partial charge in [0.05, 0.1) is 17.6 Å². The summed E-state index contributed by atoms with van der Waals surface area (Å²) in [5.41, 5.74) is 0.239. The van der Waals surface area contributed by atoms with Crippen LogP contribution in [-0.2, 0) is 11.3 Å². The van der Waals surface area contributed by atoms with Gasteiger partial charge in [-0.1, -0.05) is 30.3 Å². The van der Waals surface area contributed by atoms with Gasteiger partial charge in [-0.3, -0.25) is 9.59 Å². The summed E-state index contributed by atoms with van der Waals surface area (Å²) in [6.07, 6.45) is 1.53. The third kappa shape index (κ3) is 4.46. The van der Waals surface area contributed by atoms with Crippen molar-refractivity contribution in [1.82, 2.24) is 15.1 Å². The van der Waals surface area contributed by atoms with Gasteiger partial charge in [0.15, 0.2) is 0 Å². The molecule has 0 saturated heterocycles. The van der Waals surface area contributed by atoms with Crippen molar-refractivity contribution in [3.05, 3.63) is 70.6 Å². The number of carbonyl (C=O) groups excluding carboxylic acids is 1. The molecule has 6 nitrogen and oxygen atoms in total. The molecule has 27 heavy (non-hydrogen) atoms. The van der Waals surface area contributed by atoms with E-state index in [1.807, 2.05) is 0 Å². The molecule has 3 aromatic rings. The molecule has 1 aromatic heterocycles. The van der Waals surface area contributed by atoms with Gasteiger partial charge in [0.25, 0.3) is 5.56 Å². The SMILES string of the molecule is C[C@H](NC(=O)Cn1ncc2ccccc2c1=O)c1cccc(OC(F)F)c1. The molecule has 140 valence electrons. The van der Waals surface area contributed by atoms with E-state index in [9.17, 15) is 18.4 Å². The second-order valence-corrected chi connectivity index (χ2v) is 5.93. The first-order valence-corrected chi connectivity index (χ1v) is 8.23. The molecule has 1 N–H and O–H groups in total. The van der Waals surface area contributed by atoms with E-state index in [2.05, 4.69) is 15.2 Å². The van der Waals surface area contributed by atoms with Crippen molar-refractivity contribution in [2.24, 2.45) is 0 Å². The van der Waals surface area contributed by atoms with Gasteiger partial charge in [-0.2, -0.15) is 13.9 Å². The summed E-state index contributed by atoms with van der Waals surface area (Å²) in [5, 5.41) is 7.91. The average Bonchev–Trinajstić information content (AvgIpc) is 2.64. The molecule has 0 aliphatic rings. The minimum absolute atomic E-state index is 0.0102. The van der Waals surface area contributed by atoms with Crippen LogP contribution in [0.4, 0.5) is 8.78 Å². The van der Waals surface area contributed by atoms with Gasteiger partial charge in [0.1, 0.15) is 12.3 Å². The van der Waals surface area contributed by atoms with Crippen LogP contribution in [0.15, 0.2) is 59.5 Å². The number of hydrogen-bond acceptors (Lipinski definition) is 4. The van der Waals surface area contributed by atoms with Crippen LogP contribution < -0.4 is 15.6 Å². The highest BCUT2D eigenvalue weighted by molar-refractivity contribution is 5.81. The van der Waals surface area contributed by atoms with Gasteiger partial charge in [-0.25, -0.2) is 4.68 Å². The number of fused-ring (bicyclic) bond motifs is 1. The molecule has 0 bridgehead atoms. The number of nitrogens with one attached hydrogen (secondary N) is 1. The lowest BCUT2D eigenvalue weighted by Gasteiger charge is -2.16. The van der Waals surface area contributed by atoms with Gasteiger partial charge in [0, 0.05) is 5.39 Å². The fourth-order valence-corrected chi connectivity index (χ4v) is 2.71. The second-order valence-electron chi connectivity index (χ2n) is 5.93. The van der Waals surface area contributed by atoms with Crippen LogP contribution >= 0.6 is 0 Å². The van der Waals surface area contributed by atoms with Gasteiger partial charge >= 0.3 is 6.61 Å². The summed E-state index contributed by atoms with van der Waals surface area (Å²) in [6.45, 7) is -1.46. The zero-order valence-corrected chi connectivity index (χ0v) is 14.4. The van der Waals surface area contributed by atoms with E-state index in [1.54, 1.807) is 43.3 Å². The first kappa shape index (κ1) is 18.5. The lowest BCUT2D eigenvalue weighted by molar-refractivity contribution is -0.122. The Morgan fingerprint density at radius 3 is 2.78 bits per heavy atom. The number of nitrogens with zero attached hydrogens (tertiary/aromatic N) is 2. The third-order valence-electron chi connectivity index (χ3n) is 4.02. The largest absolute Gasteiger partial charge is 0.435 e. The standard InChI is InChI=1S/C19H17F2N3O3/c1-12(13-6-4-7-15(9-13)27-19(20)21)23-17(25)11-24-18(26)16-8-3-2-5-14(16)10-22-24/h2-10,12,19H,11H2,1H3,(H,23,25)/t12-/m0/s1. The number of aromatic nitrogens is 2. The van der Waals surface area contributed by atoms with E-state index in [1.165, 1.54) is 18.3 Å². The van der Waals surface area contributed by atoms with E-state index in [0.717, 1.165) is 4.68 Å². The normalized spacial score (nSPS) is 12.1. The molecule has 1 atom stereocenters. The Morgan fingerprint density at radius 1 is 1.22 bits per heavy atom. The Morgan fingerprint density at radius 2 is 2.00 bits per heavy atom. The second kappa shape index (κ2) is 7.94. The predicted octanol–water partition coefficient (Wildman–Crippen LogP) is 2.88. The van der Waals surface area contributed by atoms with Crippen molar-refractivity contribution in [3.63, 3.8) is 0 Å². The Balaban J connectivity index is 1.71. The van der Waals surface area contributed by atoms with E-state index < -0.39 is 18.6 Å². The molecule has 0 aliphatic heterocycles. The summed E-state index contributed by atoms with van der Waals surface area (Å²) < 4.78 is 30.1. The van der Waals surface area contributed by atoms with Crippen LogP contribution in [0, 0.1) is 0 Å². The van der Waals surface area contributed by atoms with E-state index >= 15 is 0 Å². The quantitative estimate of drug-likeness (QED) is 0.721. The Kier molecular flexibility index (Phi) is 5.44. The Hall–Kier alpha value is -3.29. The van der Waals surface area contributed by atoms with Gasteiger partial charge < -0.3 is 10.1 Å². The number of hydrogen-bond donors (Lipinski definition) is 1. The van der Waals surface area contributed by atoms with Crippen molar-refractivity contribution in [2.75, 3.05) is 0 Å². The first-order valence-electron chi connectivity index (χ1n) is 8.23. The van der Waals surface area contributed by atoms with E-state index in [0.29, 0.717) is 16.3 Å². The maximum Gasteiger partial charge on any atom is 0.387 e. The zero-order valence-electron chi connectivity index (χ0n) is 14.4. The topological polar surface area (TPSA) is 73.2 Å². The maximum atomic E-state index is 12.4. The minimum Gasteiger partial charge on any atom is -0.435 e. The minimum atomic E-state index is -2.92. The van der Waals surface area contributed by atoms with Crippen molar-refractivity contribution in [1.29, 1.82) is 0 Å². The average molecular weight is 373 g/mol. The number of rotatable bonds is 6. The molecule has 0 fully saturated rings. The van der Waals surface area contributed by atoms with Gasteiger partial charge in [0.2, 0.25) is 5.91 Å². The highest BCUT2D eigenvalue weighted by Gasteiger charge is 2.14. The summed E-state index contributed by atoms with van der Waals surface area (Å²) in [7, 11) is 0. The fourth-order valence-electron chi connectivity index (χ4n) is 2.71. The third-order valence-corrected chi connectivity index (χ3v) is 4.02. The smallest absolute Gasteiger partial charge is 0.387 e. The molecule has 1 amide bonds. The predicted molar refractivity (Wildman–Crippen MR) is 95.6 cm³/mol. The molecule has 0 aliphatic carbocycles. The number of ether oxygens (including phenoxy) is 1. The molecule has 0 saturated carbocycles. The van der Waals surface area contributed by atoms with E-state index in [-0.39, 0.29) is 17.9 Å².